The van der Waals surface area contributed by atoms with E-state index in [9.17, 15) is 0 Å². The highest BCUT2D eigenvalue weighted by atomic mass is 28.4. The van der Waals surface area contributed by atoms with Crippen molar-refractivity contribution in [3.63, 3.8) is 0 Å². The molecule has 1 nitrogen and oxygen atoms in total. The van der Waals surface area contributed by atoms with Gasteiger partial charge in [0.1, 0.15) is 0 Å². The summed E-state index contributed by atoms with van der Waals surface area (Å²) >= 11 is 0. The van der Waals surface area contributed by atoms with E-state index in [4.69, 9.17) is 4.43 Å². The number of allylic oxidation sites excluding steroid dienone is 6. The third kappa shape index (κ3) is 7.27. The Morgan fingerprint density at radius 1 is 1.07 bits per heavy atom. The molecule has 0 amide bonds. The van der Waals surface area contributed by atoms with Crippen LogP contribution in [0.4, 0.5) is 0 Å². The van der Waals surface area contributed by atoms with Crippen molar-refractivity contribution in [1.29, 1.82) is 0 Å². The topological polar surface area (TPSA) is 9.23 Å². The third-order valence-electron chi connectivity index (χ3n) is 6.06. The molecule has 0 radical (unpaired) electrons. The van der Waals surface area contributed by atoms with Gasteiger partial charge in [0.15, 0.2) is 8.32 Å². The largest absolute Gasteiger partial charge is 0.417 e. The molecule has 0 aromatic heterocycles. The van der Waals surface area contributed by atoms with Gasteiger partial charge >= 0.3 is 0 Å². The van der Waals surface area contributed by atoms with Gasteiger partial charge in [-0.05, 0) is 60.9 Å². The quantitative estimate of drug-likeness (QED) is 0.313. The Labute approximate surface area is 168 Å². The van der Waals surface area contributed by atoms with Crippen molar-refractivity contribution in [3.05, 3.63) is 71.8 Å². The van der Waals surface area contributed by atoms with Gasteiger partial charge in [0.25, 0.3) is 0 Å². The molecule has 1 atom stereocenters. The normalized spacial score (nSPS) is 17.4. The minimum absolute atomic E-state index is 0.299. The lowest BCUT2D eigenvalue weighted by molar-refractivity contribution is 0.276. The Morgan fingerprint density at radius 3 is 2.44 bits per heavy atom. The van der Waals surface area contributed by atoms with Gasteiger partial charge in [0.05, 0.1) is 0 Å². The smallest absolute Gasteiger partial charge is 0.191 e. The van der Waals surface area contributed by atoms with E-state index in [-0.39, 0.29) is 0 Å². The van der Waals surface area contributed by atoms with E-state index in [1.54, 1.807) is 0 Å². The van der Waals surface area contributed by atoms with Crippen LogP contribution in [0.25, 0.3) is 0 Å². The average molecular weight is 383 g/mol. The first-order valence-corrected chi connectivity index (χ1v) is 13.4. The van der Waals surface area contributed by atoms with Crippen LogP contribution in [0.2, 0.25) is 18.1 Å². The molecule has 2 rings (SSSR count). The van der Waals surface area contributed by atoms with Crippen LogP contribution in [0.5, 0.6) is 0 Å². The second-order valence-corrected chi connectivity index (χ2v) is 14.0. The molecule has 0 heterocycles. The van der Waals surface area contributed by atoms with Gasteiger partial charge in [-0.15, -0.1) is 0 Å². The Bertz CT molecular complexity index is 647. The highest BCUT2D eigenvalue weighted by Crippen LogP contribution is 2.36. The van der Waals surface area contributed by atoms with Crippen LogP contribution in [0, 0.1) is 0 Å². The van der Waals surface area contributed by atoms with E-state index in [0.717, 1.165) is 25.9 Å². The van der Waals surface area contributed by atoms with Crippen molar-refractivity contribution in [2.24, 2.45) is 0 Å². The molecular formula is C25H38OSi. The van der Waals surface area contributed by atoms with Gasteiger partial charge in [-0.3, -0.25) is 0 Å². The monoisotopic (exact) mass is 382 g/mol. The predicted molar refractivity (Wildman–Crippen MR) is 122 cm³/mol. The van der Waals surface area contributed by atoms with Crippen LogP contribution in [-0.4, -0.2) is 14.9 Å². The second kappa shape index (κ2) is 10.2. The molecule has 1 aromatic carbocycles. The third-order valence-corrected chi connectivity index (χ3v) is 10.6. The van der Waals surface area contributed by atoms with Crippen LogP contribution >= 0.6 is 0 Å². The highest BCUT2D eigenvalue weighted by Gasteiger charge is 2.36. The summed E-state index contributed by atoms with van der Waals surface area (Å²) in [6.07, 6.45) is 17.0. The van der Waals surface area contributed by atoms with Gasteiger partial charge in [0, 0.05) is 6.61 Å². The molecule has 0 saturated heterocycles. The van der Waals surface area contributed by atoms with E-state index in [1.807, 2.05) is 0 Å². The maximum absolute atomic E-state index is 6.35. The first-order valence-electron chi connectivity index (χ1n) is 10.5. The minimum atomic E-state index is -1.61. The molecular weight excluding hydrogens is 344 g/mol. The van der Waals surface area contributed by atoms with Crippen LogP contribution in [0.3, 0.4) is 0 Å². The summed E-state index contributed by atoms with van der Waals surface area (Å²) in [5.41, 5.74) is 2.91. The maximum atomic E-state index is 6.35. The summed E-state index contributed by atoms with van der Waals surface area (Å²) in [5, 5.41) is 0.299. The highest BCUT2D eigenvalue weighted by molar-refractivity contribution is 6.74. The lowest BCUT2D eigenvalue weighted by atomic mass is 9.89. The lowest BCUT2D eigenvalue weighted by Crippen LogP contribution is -2.40. The van der Waals surface area contributed by atoms with Crippen molar-refractivity contribution >= 4 is 8.32 Å². The van der Waals surface area contributed by atoms with Crippen LogP contribution in [0.1, 0.15) is 64.4 Å². The maximum Gasteiger partial charge on any atom is 0.191 e. The van der Waals surface area contributed by atoms with Gasteiger partial charge < -0.3 is 4.43 Å². The molecule has 27 heavy (non-hydrogen) atoms. The van der Waals surface area contributed by atoms with Crippen LogP contribution < -0.4 is 0 Å². The van der Waals surface area contributed by atoms with E-state index >= 15 is 0 Å². The average Bonchev–Trinajstić information content (AvgIpc) is 2.64. The summed E-state index contributed by atoms with van der Waals surface area (Å²) < 4.78 is 6.35. The number of hydrogen-bond acceptors (Lipinski definition) is 1. The summed E-state index contributed by atoms with van der Waals surface area (Å²) in [5.74, 6) is 0.603. The molecule has 0 saturated carbocycles. The van der Waals surface area contributed by atoms with Crippen molar-refractivity contribution in [2.75, 3.05) is 6.61 Å². The molecule has 0 aliphatic heterocycles. The summed E-state index contributed by atoms with van der Waals surface area (Å²) in [6, 6.07) is 11.0. The van der Waals surface area contributed by atoms with E-state index in [2.05, 4.69) is 94.6 Å². The van der Waals surface area contributed by atoms with Crippen molar-refractivity contribution in [1.82, 2.24) is 0 Å². The van der Waals surface area contributed by atoms with E-state index < -0.39 is 8.32 Å². The summed E-state index contributed by atoms with van der Waals surface area (Å²) in [6.45, 7) is 12.5. The lowest BCUT2D eigenvalue weighted by Gasteiger charge is -2.36. The molecule has 0 bridgehead atoms. The number of unbranched alkanes of at least 4 members (excludes halogenated alkanes) is 1. The molecule has 148 valence electrons. The fourth-order valence-corrected chi connectivity index (χ4v) is 4.24. The van der Waals surface area contributed by atoms with E-state index in [1.165, 1.54) is 24.0 Å². The van der Waals surface area contributed by atoms with Gasteiger partial charge in [-0.1, -0.05) is 87.9 Å². The molecule has 0 spiro atoms. The summed E-state index contributed by atoms with van der Waals surface area (Å²) in [7, 11) is -1.61. The molecule has 0 fully saturated rings. The van der Waals surface area contributed by atoms with Crippen molar-refractivity contribution in [3.8, 4) is 0 Å². The van der Waals surface area contributed by atoms with Crippen molar-refractivity contribution < 1.29 is 4.43 Å². The van der Waals surface area contributed by atoms with E-state index in [0.29, 0.717) is 11.0 Å². The first-order chi connectivity index (χ1) is 12.8. The second-order valence-electron chi connectivity index (χ2n) is 9.22. The van der Waals surface area contributed by atoms with Crippen LogP contribution in [0.15, 0.2) is 66.3 Å². The zero-order chi connectivity index (χ0) is 19.8. The summed E-state index contributed by atoms with van der Waals surface area (Å²) in [4.78, 5) is 0. The van der Waals surface area contributed by atoms with Gasteiger partial charge in [-0.2, -0.15) is 0 Å². The SMILES string of the molecule is CC(C)(C)[Si](C)(C)OCCCCC(C/C=C1/C=CC=CC1)c1ccccc1. The molecule has 2 heteroatoms. The molecule has 1 aromatic rings. The first kappa shape index (κ1) is 21.9. The Kier molecular flexibility index (Phi) is 8.31. The number of rotatable bonds is 9. The van der Waals surface area contributed by atoms with Crippen molar-refractivity contribution in [2.45, 2.75) is 76.9 Å². The fourth-order valence-electron chi connectivity index (χ4n) is 3.16. The molecule has 1 aliphatic carbocycles. The Balaban J connectivity index is 1.86. The van der Waals surface area contributed by atoms with Gasteiger partial charge in [0.2, 0.25) is 0 Å². The Morgan fingerprint density at radius 2 is 1.81 bits per heavy atom. The zero-order valence-electron chi connectivity index (χ0n) is 18.0. The van der Waals surface area contributed by atoms with Crippen LogP contribution in [-0.2, 0) is 4.43 Å². The zero-order valence-corrected chi connectivity index (χ0v) is 19.0. The number of hydrogen-bond donors (Lipinski definition) is 0. The molecule has 1 aliphatic rings. The molecule has 0 N–H and O–H groups in total. The fraction of sp³-hybridized carbons (Fsp3) is 0.520. The standard InChI is InChI=1S/C25H38OSi/c1-25(2,3)27(4,5)26-21-13-12-18-24(23-16-10-7-11-17-23)20-19-22-14-8-6-9-15-22/h6-11,14,16-17,19,24H,12-13,15,18,20-21H2,1-5H3/b22-19-. The Hall–Kier alpha value is -1.38. The minimum Gasteiger partial charge on any atom is -0.417 e. The molecule has 1 unspecified atom stereocenters. The van der Waals surface area contributed by atoms with Gasteiger partial charge in [-0.25, -0.2) is 0 Å². The predicted octanol–water partition coefficient (Wildman–Crippen LogP) is 7.79. The number of benzene rings is 1.